The van der Waals surface area contributed by atoms with Gasteiger partial charge in [0.25, 0.3) is 0 Å². The molecule has 0 N–H and O–H groups in total. The third-order valence-corrected chi connectivity index (χ3v) is 5.49. The van der Waals surface area contributed by atoms with Crippen LogP contribution in [0.15, 0.2) is 54.7 Å². The number of para-hydroxylation sites is 1. The average molecular weight is 378 g/mol. The summed E-state index contributed by atoms with van der Waals surface area (Å²) in [5.41, 5.74) is 4.27. The fraction of sp³-hybridized carbons (Fsp3) is 0.0526. The van der Waals surface area contributed by atoms with Crippen LogP contribution in [0.5, 0.6) is 0 Å². The molecule has 5 rings (SSSR count). The van der Waals surface area contributed by atoms with Crippen molar-refractivity contribution in [2.24, 2.45) is 0 Å². The largest absolute Gasteiger partial charge is 0.240 e. The van der Waals surface area contributed by atoms with E-state index in [2.05, 4.69) is 16.3 Å². The first-order valence-electron chi connectivity index (χ1n) is 8.03. The minimum atomic E-state index is 0.695. The number of aryl methyl sites for hydroxylation is 1. The van der Waals surface area contributed by atoms with Gasteiger partial charge in [0, 0.05) is 11.2 Å². The van der Waals surface area contributed by atoms with E-state index in [9.17, 15) is 0 Å². The van der Waals surface area contributed by atoms with E-state index < -0.39 is 0 Å². The molecule has 3 aromatic heterocycles. The highest BCUT2D eigenvalue weighted by atomic mass is 35.5. The summed E-state index contributed by atoms with van der Waals surface area (Å²) in [6.45, 7) is 1.91. The lowest BCUT2D eigenvalue weighted by Crippen LogP contribution is -1.94. The summed E-state index contributed by atoms with van der Waals surface area (Å²) in [5, 5.41) is 15.9. The van der Waals surface area contributed by atoms with Gasteiger partial charge in [-0.25, -0.2) is 9.67 Å². The summed E-state index contributed by atoms with van der Waals surface area (Å²) < 4.78 is 2.96. The minimum Gasteiger partial charge on any atom is -0.240 e. The highest BCUT2D eigenvalue weighted by molar-refractivity contribution is 7.21. The number of aromatic nitrogens is 5. The van der Waals surface area contributed by atoms with E-state index in [0.717, 1.165) is 43.2 Å². The van der Waals surface area contributed by atoms with E-state index in [1.54, 1.807) is 11.3 Å². The van der Waals surface area contributed by atoms with Crippen LogP contribution in [0.4, 0.5) is 0 Å². The monoisotopic (exact) mass is 377 g/mol. The van der Waals surface area contributed by atoms with Crippen molar-refractivity contribution in [2.75, 3.05) is 0 Å². The number of nitrogens with zero attached hydrogens (tertiary/aromatic N) is 5. The van der Waals surface area contributed by atoms with Crippen LogP contribution in [0.3, 0.4) is 0 Å². The number of rotatable bonds is 2. The predicted octanol–water partition coefficient (Wildman–Crippen LogP) is 5.05. The molecule has 0 unspecified atom stereocenters. The molecule has 5 aromatic rings. The maximum atomic E-state index is 5.99. The second kappa shape index (κ2) is 5.86. The third kappa shape index (κ3) is 2.46. The van der Waals surface area contributed by atoms with Crippen molar-refractivity contribution < 1.29 is 0 Å². The van der Waals surface area contributed by atoms with E-state index in [1.807, 2.05) is 60.3 Å². The van der Waals surface area contributed by atoms with E-state index >= 15 is 0 Å². The van der Waals surface area contributed by atoms with Gasteiger partial charge in [0.2, 0.25) is 0 Å². The molecule has 2 aromatic carbocycles. The normalized spacial score (nSPS) is 11.5. The van der Waals surface area contributed by atoms with Gasteiger partial charge in [0.1, 0.15) is 16.2 Å². The summed E-state index contributed by atoms with van der Waals surface area (Å²) in [5.74, 6) is 0. The smallest absolute Gasteiger partial charge is 0.145 e. The zero-order chi connectivity index (χ0) is 17.7. The fourth-order valence-corrected chi connectivity index (χ4v) is 3.99. The van der Waals surface area contributed by atoms with Crippen LogP contribution in [0.1, 0.15) is 5.69 Å². The van der Waals surface area contributed by atoms with Gasteiger partial charge in [-0.1, -0.05) is 23.7 Å². The number of hydrogen-bond donors (Lipinski definition) is 0. The van der Waals surface area contributed by atoms with Gasteiger partial charge in [-0.2, -0.15) is 10.2 Å². The molecule has 0 amide bonds. The SMILES string of the molecule is Cc1nnc(-c2nc3ccccc3s2)c2cn(-c3ccc(Cl)cc3)nc12. The molecular weight excluding hydrogens is 366 g/mol. The van der Waals surface area contributed by atoms with Gasteiger partial charge in [-0.15, -0.1) is 16.4 Å². The maximum Gasteiger partial charge on any atom is 0.145 e. The van der Waals surface area contributed by atoms with Crippen LogP contribution >= 0.6 is 22.9 Å². The first-order valence-corrected chi connectivity index (χ1v) is 9.23. The van der Waals surface area contributed by atoms with Crippen molar-refractivity contribution in [2.45, 2.75) is 6.92 Å². The number of hydrogen-bond acceptors (Lipinski definition) is 5. The van der Waals surface area contributed by atoms with Crippen molar-refractivity contribution in [3.63, 3.8) is 0 Å². The average Bonchev–Trinajstić information content (AvgIpc) is 3.27. The topological polar surface area (TPSA) is 56.5 Å². The number of thiazole rings is 1. The van der Waals surface area contributed by atoms with Gasteiger partial charge in [0.05, 0.1) is 27.0 Å². The summed E-state index contributed by atoms with van der Waals surface area (Å²) in [6, 6.07) is 15.6. The first-order chi connectivity index (χ1) is 12.7. The lowest BCUT2D eigenvalue weighted by molar-refractivity contribution is 0.891. The molecule has 7 heteroatoms. The molecule has 0 aliphatic heterocycles. The molecule has 0 saturated heterocycles. The molecule has 0 saturated carbocycles. The molecule has 0 atom stereocenters. The van der Waals surface area contributed by atoms with E-state index in [1.165, 1.54) is 0 Å². The van der Waals surface area contributed by atoms with Gasteiger partial charge < -0.3 is 0 Å². The number of benzene rings is 2. The Bertz CT molecular complexity index is 1220. The highest BCUT2D eigenvalue weighted by Gasteiger charge is 2.16. The summed E-state index contributed by atoms with van der Waals surface area (Å²) in [6.07, 6.45) is 1.97. The van der Waals surface area contributed by atoms with Crippen molar-refractivity contribution in [3.05, 3.63) is 65.4 Å². The Morgan fingerprint density at radius 3 is 2.62 bits per heavy atom. The third-order valence-electron chi connectivity index (χ3n) is 4.20. The second-order valence-corrected chi connectivity index (χ2v) is 7.40. The van der Waals surface area contributed by atoms with Crippen molar-refractivity contribution in [1.82, 2.24) is 25.0 Å². The Morgan fingerprint density at radius 1 is 1.00 bits per heavy atom. The predicted molar refractivity (Wildman–Crippen MR) is 105 cm³/mol. The Labute approximate surface area is 157 Å². The maximum absolute atomic E-state index is 5.99. The Balaban J connectivity index is 1.73. The van der Waals surface area contributed by atoms with Crippen molar-refractivity contribution >= 4 is 44.1 Å². The minimum absolute atomic E-state index is 0.695. The molecular formula is C19H12ClN5S. The number of fused-ring (bicyclic) bond motifs is 2. The molecule has 5 nitrogen and oxygen atoms in total. The van der Waals surface area contributed by atoms with E-state index in [-0.39, 0.29) is 0 Å². The molecule has 0 bridgehead atoms. The van der Waals surface area contributed by atoms with Gasteiger partial charge in [0.15, 0.2) is 0 Å². The summed E-state index contributed by atoms with van der Waals surface area (Å²) in [4.78, 5) is 4.72. The molecule has 0 aliphatic rings. The zero-order valence-electron chi connectivity index (χ0n) is 13.7. The molecule has 0 aliphatic carbocycles. The highest BCUT2D eigenvalue weighted by Crippen LogP contribution is 2.33. The standard InChI is InChI=1S/C19H12ClN5S/c1-11-17-14(10-25(24-17)13-8-6-12(20)7-9-13)18(23-22-11)19-21-15-4-2-3-5-16(15)26-19/h2-10H,1H3. The van der Waals surface area contributed by atoms with Crippen LogP contribution in [-0.2, 0) is 0 Å². The lowest BCUT2D eigenvalue weighted by Gasteiger charge is -1.99. The van der Waals surface area contributed by atoms with Gasteiger partial charge in [-0.05, 0) is 43.3 Å². The Kier molecular flexibility index (Phi) is 3.48. The molecule has 0 spiro atoms. The first kappa shape index (κ1) is 15.4. The van der Waals surface area contributed by atoms with Crippen LogP contribution in [0.25, 0.3) is 37.5 Å². The fourth-order valence-electron chi connectivity index (χ4n) is 2.90. The summed E-state index contributed by atoms with van der Waals surface area (Å²) >= 11 is 7.60. The van der Waals surface area contributed by atoms with Gasteiger partial charge >= 0.3 is 0 Å². The molecule has 3 heterocycles. The van der Waals surface area contributed by atoms with Crippen LogP contribution < -0.4 is 0 Å². The molecule has 26 heavy (non-hydrogen) atoms. The lowest BCUT2D eigenvalue weighted by atomic mass is 10.2. The quantitative estimate of drug-likeness (QED) is 0.431. The van der Waals surface area contributed by atoms with Crippen molar-refractivity contribution in [3.8, 4) is 16.4 Å². The van der Waals surface area contributed by atoms with Crippen LogP contribution in [0, 0.1) is 6.92 Å². The Hall–Kier alpha value is -2.83. The van der Waals surface area contributed by atoms with Crippen LogP contribution in [-0.4, -0.2) is 25.0 Å². The van der Waals surface area contributed by atoms with E-state index in [4.69, 9.17) is 21.7 Å². The Morgan fingerprint density at radius 2 is 1.81 bits per heavy atom. The molecule has 0 fully saturated rings. The zero-order valence-corrected chi connectivity index (χ0v) is 15.3. The van der Waals surface area contributed by atoms with E-state index in [0.29, 0.717) is 5.02 Å². The summed E-state index contributed by atoms with van der Waals surface area (Å²) in [7, 11) is 0. The van der Waals surface area contributed by atoms with Crippen molar-refractivity contribution in [1.29, 1.82) is 0 Å². The van der Waals surface area contributed by atoms with Gasteiger partial charge in [-0.3, -0.25) is 0 Å². The molecule has 126 valence electrons. The number of halogens is 1. The molecule has 0 radical (unpaired) electrons. The van der Waals surface area contributed by atoms with Crippen LogP contribution in [0.2, 0.25) is 5.02 Å². The second-order valence-electron chi connectivity index (χ2n) is 5.93.